The molecule has 0 saturated carbocycles. The molecule has 0 amide bonds. The maximum absolute atomic E-state index is 3.46. The third-order valence-electron chi connectivity index (χ3n) is 2.02. The van der Waals surface area contributed by atoms with Crippen LogP contribution in [-0.2, 0) is 12.8 Å². The second kappa shape index (κ2) is 5.43. The molecule has 72 valence electrons. The summed E-state index contributed by atoms with van der Waals surface area (Å²) in [6.45, 7) is 4.52. The van der Waals surface area contributed by atoms with Crippen molar-refractivity contribution >= 4 is 15.9 Å². The first-order valence-corrected chi connectivity index (χ1v) is 5.98. The maximum atomic E-state index is 3.46. The molecule has 0 unspecified atom stereocenters. The Bertz CT molecular complexity index is 253. The quantitative estimate of drug-likeness (QED) is 0.703. The van der Waals surface area contributed by atoms with E-state index in [0.29, 0.717) is 0 Å². The zero-order valence-corrected chi connectivity index (χ0v) is 9.97. The van der Waals surface area contributed by atoms with Gasteiger partial charge in [0, 0.05) is 5.33 Å². The predicted molar refractivity (Wildman–Crippen MR) is 62.5 cm³/mol. The summed E-state index contributed by atoms with van der Waals surface area (Å²) in [5.74, 6) is 0.749. The van der Waals surface area contributed by atoms with Gasteiger partial charge in [-0.2, -0.15) is 0 Å². The highest BCUT2D eigenvalue weighted by Gasteiger charge is 1.98. The minimum Gasteiger partial charge on any atom is -0.0924 e. The second-order valence-corrected chi connectivity index (χ2v) is 4.65. The van der Waals surface area contributed by atoms with E-state index < -0.39 is 0 Å². The van der Waals surface area contributed by atoms with Gasteiger partial charge in [-0.25, -0.2) is 0 Å². The lowest BCUT2D eigenvalue weighted by Gasteiger charge is -2.06. The molecular weight excluding hydrogens is 224 g/mol. The molecule has 0 spiro atoms. The van der Waals surface area contributed by atoms with Gasteiger partial charge in [0.15, 0.2) is 0 Å². The third-order valence-corrected chi connectivity index (χ3v) is 2.42. The standard InChI is InChI=1S/C12H17Br/c1-10(2)8-12-5-3-4-11(9-12)6-7-13/h3-5,9-10H,6-8H2,1-2H3. The zero-order valence-electron chi connectivity index (χ0n) is 8.39. The fraction of sp³-hybridized carbons (Fsp3) is 0.500. The Morgan fingerprint density at radius 3 is 2.54 bits per heavy atom. The molecule has 0 aliphatic carbocycles. The average Bonchev–Trinajstić information content (AvgIpc) is 2.04. The highest BCUT2D eigenvalue weighted by Crippen LogP contribution is 2.11. The molecule has 13 heavy (non-hydrogen) atoms. The van der Waals surface area contributed by atoms with Crippen molar-refractivity contribution in [3.63, 3.8) is 0 Å². The molecule has 0 heterocycles. The van der Waals surface area contributed by atoms with Crippen LogP contribution >= 0.6 is 15.9 Å². The molecule has 1 aromatic rings. The third kappa shape index (κ3) is 3.95. The number of rotatable bonds is 4. The van der Waals surface area contributed by atoms with Gasteiger partial charge in [0.2, 0.25) is 0 Å². The van der Waals surface area contributed by atoms with Gasteiger partial charge in [0.25, 0.3) is 0 Å². The average molecular weight is 241 g/mol. The molecular formula is C12H17Br. The number of hydrogen-bond acceptors (Lipinski definition) is 0. The monoisotopic (exact) mass is 240 g/mol. The van der Waals surface area contributed by atoms with Crippen molar-refractivity contribution < 1.29 is 0 Å². The van der Waals surface area contributed by atoms with E-state index in [1.54, 1.807) is 0 Å². The Kier molecular flexibility index (Phi) is 4.51. The lowest BCUT2D eigenvalue weighted by molar-refractivity contribution is 0.647. The van der Waals surface area contributed by atoms with Crippen LogP contribution in [0.1, 0.15) is 25.0 Å². The summed E-state index contributed by atoms with van der Waals surface area (Å²) in [5.41, 5.74) is 2.91. The van der Waals surface area contributed by atoms with E-state index in [-0.39, 0.29) is 0 Å². The normalized spacial score (nSPS) is 10.8. The molecule has 0 nitrogen and oxygen atoms in total. The minimum absolute atomic E-state index is 0.749. The van der Waals surface area contributed by atoms with Gasteiger partial charge in [-0.05, 0) is 29.9 Å². The maximum Gasteiger partial charge on any atom is 0.00718 e. The molecule has 0 radical (unpaired) electrons. The van der Waals surface area contributed by atoms with Gasteiger partial charge in [-0.15, -0.1) is 0 Å². The molecule has 0 atom stereocenters. The Hall–Kier alpha value is -0.300. The number of alkyl halides is 1. The van der Waals surface area contributed by atoms with Crippen LogP contribution in [0.5, 0.6) is 0 Å². The van der Waals surface area contributed by atoms with E-state index in [4.69, 9.17) is 0 Å². The van der Waals surface area contributed by atoms with Crippen LogP contribution in [0.2, 0.25) is 0 Å². The van der Waals surface area contributed by atoms with Crippen molar-refractivity contribution in [2.75, 3.05) is 5.33 Å². The van der Waals surface area contributed by atoms with Crippen molar-refractivity contribution in [2.24, 2.45) is 5.92 Å². The van der Waals surface area contributed by atoms with E-state index >= 15 is 0 Å². The number of benzene rings is 1. The number of halogens is 1. The molecule has 0 aliphatic heterocycles. The van der Waals surface area contributed by atoms with Crippen molar-refractivity contribution in [2.45, 2.75) is 26.7 Å². The molecule has 0 fully saturated rings. The lowest BCUT2D eigenvalue weighted by atomic mass is 10.0. The largest absolute Gasteiger partial charge is 0.0924 e. The number of aryl methyl sites for hydroxylation is 1. The smallest absolute Gasteiger partial charge is 0.00718 e. The number of hydrogen-bond donors (Lipinski definition) is 0. The summed E-state index contributed by atoms with van der Waals surface area (Å²) in [6, 6.07) is 8.90. The summed E-state index contributed by atoms with van der Waals surface area (Å²) < 4.78 is 0. The highest BCUT2D eigenvalue weighted by molar-refractivity contribution is 9.09. The van der Waals surface area contributed by atoms with E-state index in [1.165, 1.54) is 17.5 Å². The summed E-state index contributed by atoms with van der Waals surface area (Å²) in [6.07, 6.45) is 2.32. The van der Waals surface area contributed by atoms with E-state index in [1.807, 2.05) is 0 Å². The van der Waals surface area contributed by atoms with Gasteiger partial charge < -0.3 is 0 Å². The summed E-state index contributed by atoms with van der Waals surface area (Å²) in [7, 11) is 0. The highest BCUT2D eigenvalue weighted by atomic mass is 79.9. The molecule has 1 rings (SSSR count). The van der Waals surface area contributed by atoms with Crippen LogP contribution in [0.25, 0.3) is 0 Å². The molecule has 0 saturated heterocycles. The first-order chi connectivity index (χ1) is 6.22. The fourth-order valence-electron chi connectivity index (χ4n) is 1.49. The predicted octanol–water partition coefficient (Wildman–Crippen LogP) is 3.82. The molecule has 0 N–H and O–H groups in total. The lowest BCUT2D eigenvalue weighted by Crippen LogP contribution is -1.95. The fourth-order valence-corrected chi connectivity index (χ4v) is 1.95. The van der Waals surface area contributed by atoms with Gasteiger partial charge in [-0.3, -0.25) is 0 Å². The van der Waals surface area contributed by atoms with Crippen LogP contribution in [0.3, 0.4) is 0 Å². The summed E-state index contributed by atoms with van der Waals surface area (Å²) in [5, 5.41) is 1.05. The van der Waals surface area contributed by atoms with Crippen molar-refractivity contribution in [1.29, 1.82) is 0 Å². The first kappa shape index (κ1) is 10.8. The Labute approximate surface area is 89.5 Å². The first-order valence-electron chi connectivity index (χ1n) is 4.86. The van der Waals surface area contributed by atoms with Crippen molar-refractivity contribution in [1.82, 2.24) is 0 Å². The summed E-state index contributed by atoms with van der Waals surface area (Å²) >= 11 is 3.46. The van der Waals surface area contributed by atoms with Gasteiger partial charge in [-0.1, -0.05) is 54.0 Å². The zero-order chi connectivity index (χ0) is 9.68. The van der Waals surface area contributed by atoms with Crippen molar-refractivity contribution in [3.8, 4) is 0 Å². The molecule has 1 aromatic carbocycles. The van der Waals surface area contributed by atoms with Gasteiger partial charge >= 0.3 is 0 Å². The summed E-state index contributed by atoms with van der Waals surface area (Å²) in [4.78, 5) is 0. The Morgan fingerprint density at radius 2 is 1.92 bits per heavy atom. The van der Waals surface area contributed by atoms with Crippen LogP contribution < -0.4 is 0 Å². The van der Waals surface area contributed by atoms with E-state index in [2.05, 4.69) is 54.0 Å². The van der Waals surface area contributed by atoms with E-state index in [0.717, 1.165) is 17.7 Å². The van der Waals surface area contributed by atoms with E-state index in [9.17, 15) is 0 Å². The van der Waals surface area contributed by atoms with Crippen LogP contribution in [0.15, 0.2) is 24.3 Å². The topological polar surface area (TPSA) is 0 Å². The molecule has 0 aliphatic rings. The van der Waals surface area contributed by atoms with Crippen LogP contribution in [0.4, 0.5) is 0 Å². The molecule has 0 bridgehead atoms. The van der Waals surface area contributed by atoms with Crippen LogP contribution in [-0.4, -0.2) is 5.33 Å². The van der Waals surface area contributed by atoms with Gasteiger partial charge in [0.1, 0.15) is 0 Å². The second-order valence-electron chi connectivity index (χ2n) is 3.86. The van der Waals surface area contributed by atoms with Crippen molar-refractivity contribution in [3.05, 3.63) is 35.4 Å². The molecule has 1 heteroatoms. The molecule has 0 aromatic heterocycles. The minimum atomic E-state index is 0.749. The van der Waals surface area contributed by atoms with Gasteiger partial charge in [0.05, 0.1) is 0 Å². The Morgan fingerprint density at radius 1 is 1.23 bits per heavy atom. The Balaban J connectivity index is 2.67. The van der Waals surface area contributed by atoms with Crippen LogP contribution in [0, 0.1) is 5.92 Å². The SMILES string of the molecule is CC(C)Cc1cccc(CCBr)c1.